The van der Waals surface area contributed by atoms with Crippen molar-refractivity contribution in [3.8, 4) is 0 Å². The number of carbonyl (C=O) groups is 1. The first-order valence-corrected chi connectivity index (χ1v) is 6.39. The molecule has 0 N–H and O–H groups in total. The minimum Gasteiger partial charge on any atom is -0.459 e. The summed E-state index contributed by atoms with van der Waals surface area (Å²) in [5, 5.41) is 2.34. The molecule has 0 atom stereocenters. The van der Waals surface area contributed by atoms with Crippen molar-refractivity contribution < 1.29 is 9.53 Å². The summed E-state index contributed by atoms with van der Waals surface area (Å²) in [5.41, 5.74) is -0.771. The van der Waals surface area contributed by atoms with Gasteiger partial charge in [-0.2, -0.15) is 0 Å². The van der Waals surface area contributed by atoms with Gasteiger partial charge in [-0.05, 0) is 32.2 Å². The number of esters is 1. The normalized spacial score (nSPS) is 11.7. The predicted molar refractivity (Wildman–Crippen MR) is 69.7 cm³/mol. The first kappa shape index (κ1) is 12.8. The van der Waals surface area contributed by atoms with Gasteiger partial charge in [-0.25, -0.2) is 4.98 Å². The molecule has 2 rings (SSSR count). The molecular weight excluding hydrogens is 252 g/mol. The Morgan fingerprint density at radius 2 is 2.22 bits per heavy atom. The molecule has 2 heterocycles. The van der Waals surface area contributed by atoms with Crippen molar-refractivity contribution in [3.05, 3.63) is 28.1 Å². The fraction of sp³-hybridized carbons (Fsp3) is 0.417. The lowest BCUT2D eigenvalue weighted by molar-refractivity contribution is -0.155. The quantitative estimate of drug-likeness (QED) is 0.778. The van der Waals surface area contributed by atoms with Crippen LogP contribution in [-0.2, 0) is 16.1 Å². The van der Waals surface area contributed by atoms with Crippen LogP contribution in [0.15, 0.2) is 22.6 Å². The molecule has 0 aromatic carbocycles. The maximum atomic E-state index is 12.0. The van der Waals surface area contributed by atoms with E-state index in [4.69, 9.17) is 4.74 Å². The van der Waals surface area contributed by atoms with E-state index in [1.54, 1.807) is 32.2 Å². The highest BCUT2D eigenvalue weighted by atomic mass is 32.1. The average Bonchev–Trinajstić information content (AvgIpc) is 2.68. The van der Waals surface area contributed by atoms with Crippen molar-refractivity contribution in [1.29, 1.82) is 0 Å². The Kier molecular flexibility index (Phi) is 3.21. The van der Waals surface area contributed by atoms with Crippen LogP contribution < -0.4 is 5.56 Å². The molecule has 0 aliphatic rings. The summed E-state index contributed by atoms with van der Waals surface area (Å²) in [4.78, 5) is 28.5. The zero-order valence-corrected chi connectivity index (χ0v) is 11.3. The Morgan fingerprint density at radius 1 is 1.50 bits per heavy atom. The minimum atomic E-state index is -0.555. The summed E-state index contributed by atoms with van der Waals surface area (Å²) < 4.78 is 6.43. The van der Waals surface area contributed by atoms with Gasteiger partial charge in [-0.3, -0.25) is 14.2 Å². The molecule has 96 valence electrons. The summed E-state index contributed by atoms with van der Waals surface area (Å²) in [6, 6.07) is 1.71. The van der Waals surface area contributed by atoms with E-state index in [0.717, 1.165) is 0 Å². The molecule has 2 aromatic heterocycles. The maximum Gasteiger partial charge on any atom is 0.326 e. The third-order valence-corrected chi connectivity index (χ3v) is 2.99. The van der Waals surface area contributed by atoms with Gasteiger partial charge in [0.15, 0.2) is 0 Å². The van der Waals surface area contributed by atoms with E-state index >= 15 is 0 Å². The minimum absolute atomic E-state index is 0.116. The lowest BCUT2D eigenvalue weighted by Crippen LogP contribution is -2.30. The van der Waals surface area contributed by atoms with E-state index in [1.807, 2.05) is 0 Å². The van der Waals surface area contributed by atoms with Gasteiger partial charge in [0.1, 0.15) is 17.0 Å². The second-order valence-corrected chi connectivity index (χ2v) is 5.80. The molecular formula is C12H14N2O3S. The van der Waals surface area contributed by atoms with Crippen molar-refractivity contribution in [2.24, 2.45) is 0 Å². The Morgan fingerprint density at radius 3 is 2.89 bits per heavy atom. The van der Waals surface area contributed by atoms with Gasteiger partial charge < -0.3 is 4.74 Å². The van der Waals surface area contributed by atoms with Crippen molar-refractivity contribution >= 4 is 27.5 Å². The van der Waals surface area contributed by atoms with Gasteiger partial charge in [0.2, 0.25) is 0 Å². The molecule has 0 spiro atoms. The van der Waals surface area contributed by atoms with E-state index in [9.17, 15) is 9.59 Å². The third-order valence-electron chi connectivity index (χ3n) is 2.17. The fourth-order valence-corrected chi connectivity index (χ4v) is 2.24. The van der Waals surface area contributed by atoms with Crippen LogP contribution in [0, 0.1) is 0 Å². The van der Waals surface area contributed by atoms with Crippen molar-refractivity contribution in [1.82, 2.24) is 9.55 Å². The second-order valence-electron chi connectivity index (χ2n) is 4.90. The number of fused-ring (bicyclic) bond motifs is 1. The van der Waals surface area contributed by atoms with Crippen LogP contribution in [0.25, 0.3) is 10.2 Å². The molecule has 0 aliphatic heterocycles. The highest BCUT2D eigenvalue weighted by Crippen LogP contribution is 2.13. The summed E-state index contributed by atoms with van der Waals surface area (Å²) >= 11 is 1.40. The van der Waals surface area contributed by atoms with Gasteiger partial charge in [0.05, 0.1) is 11.7 Å². The predicted octanol–water partition coefficient (Wildman–Crippen LogP) is 1.80. The smallest absolute Gasteiger partial charge is 0.326 e. The topological polar surface area (TPSA) is 61.2 Å². The highest BCUT2D eigenvalue weighted by molar-refractivity contribution is 7.16. The highest BCUT2D eigenvalue weighted by Gasteiger charge is 2.17. The molecule has 0 bridgehead atoms. The van der Waals surface area contributed by atoms with Crippen LogP contribution in [0.5, 0.6) is 0 Å². The fourth-order valence-electron chi connectivity index (χ4n) is 1.52. The Labute approximate surface area is 108 Å². The third kappa shape index (κ3) is 2.76. The van der Waals surface area contributed by atoms with E-state index in [2.05, 4.69) is 4.98 Å². The van der Waals surface area contributed by atoms with E-state index in [-0.39, 0.29) is 12.1 Å². The summed E-state index contributed by atoms with van der Waals surface area (Å²) in [6.45, 7) is 5.24. The molecule has 18 heavy (non-hydrogen) atoms. The van der Waals surface area contributed by atoms with Crippen LogP contribution >= 0.6 is 11.3 Å². The number of hydrogen-bond donors (Lipinski definition) is 0. The van der Waals surface area contributed by atoms with Crippen LogP contribution in [0.4, 0.5) is 0 Å². The molecule has 0 saturated heterocycles. The number of nitrogens with zero attached hydrogens (tertiary/aromatic N) is 2. The van der Waals surface area contributed by atoms with Crippen LogP contribution in [0.2, 0.25) is 0 Å². The first-order chi connectivity index (χ1) is 8.37. The average molecular weight is 266 g/mol. The van der Waals surface area contributed by atoms with Crippen molar-refractivity contribution in [2.45, 2.75) is 32.9 Å². The molecule has 0 amide bonds. The number of ether oxygens (including phenoxy) is 1. The SMILES string of the molecule is CC(C)(C)OC(=O)Cn1cnc2sccc2c1=O. The Balaban J connectivity index is 2.24. The molecule has 2 aromatic rings. The number of thiophene rings is 1. The van der Waals surface area contributed by atoms with Crippen molar-refractivity contribution in [3.63, 3.8) is 0 Å². The van der Waals surface area contributed by atoms with Crippen LogP contribution in [-0.4, -0.2) is 21.1 Å². The number of rotatable bonds is 2. The Hall–Kier alpha value is -1.69. The van der Waals surface area contributed by atoms with E-state index < -0.39 is 11.6 Å². The van der Waals surface area contributed by atoms with Gasteiger partial charge in [0, 0.05) is 0 Å². The lowest BCUT2D eigenvalue weighted by atomic mass is 10.2. The van der Waals surface area contributed by atoms with Crippen LogP contribution in [0.3, 0.4) is 0 Å². The number of carbonyl (C=O) groups excluding carboxylic acids is 1. The standard InChI is InChI=1S/C12H14N2O3S/c1-12(2,3)17-9(15)6-14-7-13-10-8(11(14)16)4-5-18-10/h4-5,7H,6H2,1-3H3. The molecule has 6 heteroatoms. The lowest BCUT2D eigenvalue weighted by Gasteiger charge is -2.19. The van der Waals surface area contributed by atoms with E-state index in [0.29, 0.717) is 10.2 Å². The summed E-state index contributed by atoms with van der Waals surface area (Å²) in [7, 11) is 0. The number of aromatic nitrogens is 2. The Bertz CT molecular complexity index is 637. The van der Waals surface area contributed by atoms with Gasteiger partial charge in [-0.1, -0.05) is 0 Å². The molecule has 0 radical (unpaired) electrons. The largest absolute Gasteiger partial charge is 0.459 e. The zero-order chi connectivity index (χ0) is 13.3. The van der Waals surface area contributed by atoms with Gasteiger partial charge >= 0.3 is 5.97 Å². The molecule has 0 aliphatic carbocycles. The summed E-state index contributed by atoms with van der Waals surface area (Å²) in [6.07, 6.45) is 1.38. The molecule has 0 fully saturated rings. The molecule has 0 unspecified atom stereocenters. The second kappa shape index (κ2) is 4.53. The van der Waals surface area contributed by atoms with Gasteiger partial charge in [-0.15, -0.1) is 11.3 Å². The monoisotopic (exact) mass is 266 g/mol. The zero-order valence-electron chi connectivity index (χ0n) is 10.5. The van der Waals surface area contributed by atoms with Gasteiger partial charge in [0.25, 0.3) is 5.56 Å². The summed E-state index contributed by atoms with van der Waals surface area (Å²) in [5.74, 6) is -0.444. The molecule has 0 saturated carbocycles. The molecule has 5 nitrogen and oxygen atoms in total. The number of hydrogen-bond acceptors (Lipinski definition) is 5. The van der Waals surface area contributed by atoms with Crippen LogP contribution in [0.1, 0.15) is 20.8 Å². The first-order valence-electron chi connectivity index (χ1n) is 5.51. The van der Waals surface area contributed by atoms with E-state index in [1.165, 1.54) is 22.2 Å². The van der Waals surface area contributed by atoms with Crippen molar-refractivity contribution in [2.75, 3.05) is 0 Å². The maximum absolute atomic E-state index is 12.0.